The topological polar surface area (TPSA) is 93.1 Å². The van der Waals surface area contributed by atoms with Crippen LogP contribution in [0.2, 0.25) is 5.02 Å². The molecule has 2 aromatic heterocycles. The normalized spacial score (nSPS) is 20.2. The van der Waals surface area contributed by atoms with Crippen molar-refractivity contribution < 1.29 is 9.52 Å². The van der Waals surface area contributed by atoms with Crippen molar-refractivity contribution in [2.75, 3.05) is 0 Å². The number of nitrogens with zero attached hydrogens (tertiary/aromatic N) is 6. The van der Waals surface area contributed by atoms with Gasteiger partial charge < -0.3 is 19.0 Å². The van der Waals surface area contributed by atoms with Crippen LogP contribution in [0.3, 0.4) is 0 Å². The van der Waals surface area contributed by atoms with Gasteiger partial charge in [0, 0.05) is 11.6 Å². The lowest BCUT2D eigenvalue weighted by Gasteiger charge is -2.32. The Labute approximate surface area is 165 Å². The molecule has 0 fully saturated rings. The molecule has 0 spiro atoms. The van der Waals surface area contributed by atoms with Crippen molar-refractivity contribution in [3.05, 3.63) is 70.4 Å². The van der Waals surface area contributed by atoms with Crippen molar-refractivity contribution in [3.8, 4) is 0 Å². The highest BCUT2D eigenvalue weighted by molar-refractivity contribution is 6.30. The molecular weight excluding hydrogens is 380 g/mol. The first-order valence-corrected chi connectivity index (χ1v) is 9.26. The molecule has 3 aromatic rings. The van der Waals surface area contributed by atoms with Crippen molar-refractivity contribution in [1.82, 2.24) is 29.9 Å². The second kappa shape index (κ2) is 6.57. The Morgan fingerprint density at radius 3 is 2.79 bits per heavy atom. The van der Waals surface area contributed by atoms with Gasteiger partial charge in [-0.05, 0) is 42.3 Å². The summed E-state index contributed by atoms with van der Waals surface area (Å²) < 4.78 is 7.61. The predicted octanol–water partition coefficient (Wildman–Crippen LogP) is 2.61. The number of halogens is 1. The molecule has 0 aliphatic carbocycles. The summed E-state index contributed by atoms with van der Waals surface area (Å²) in [6.45, 7) is 2.46. The minimum absolute atomic E-state index is 0.0217. The zero-order valence-corrected chi connectivity index (χ0v) is 15.8. The lowest BCUT2D eigenvalue weighted by molar-refractivity contribution is 0.280. The largest absolute Gasteiger partial charge is 0.422 e. The van der Waals surface area contributed by atoms with E-state index in [4.69, 9.17) is 16.0 Å². The van der Waals surface area contributed by atoms with Crippen LogP contribution in [-0.2, 0) is 13.2 Å². The van der Waals surface area contributed by atoms with Gasteiger partial charge in [-0.15, -0.1) is 20.4 Å². The Hall–Kier alpha value is -2.97. The molecule has 2 unspecified atom stereocenters. The number of aryl methyl sites for hydroxylation is 1. The van der Waals surface area contributed by atoms with E-state index < -0.39 is 0 Å². The van der Waals surface area contributed by atoms with Gasteiger partial charge in [0.2, 0.25) is 6.39 Å². The van der Waals surface area contributed by atoms with Crippen molar-refractivity contribution in [3.63, 3.8) is 0 Å². The standard InChI is InChI=1S/C19H17ClN6O2/c1-11-22-23-18-3-2-15-16(26(11)18)7-17(19-24-21-10-28-19)25(15)8-12-4-13(9-27)6-14(20)5-12/h2-7,10,15-16,27H,8-9H2,1H3. The van der Waals surface area contributed by atoms with Crippen molar-refractivity contribution >= 4 is 23.4 Å². The average molecular weight is 397 g/mol. The molecule has 0 bridgehead atoms. The van der Waals surface area contributed by atoms with Gasteiger partial charge in [-0.3, -0.25) is 0 Å². The zero-order chi connectivity index (χ0) is 19.3. The first kappa shape index (κ1) is 17.2. The van der Waals surface area contributed by atoms with Crippen LogP contribution in [0, 0.1) is 6.92 Å². The van der Waals surface area contributed by atoms with Crippen LogP contribution in [0.4, 0.5) is 0 Å². The average Bonchev–Trinajstić information content (AvgIpc) is 3.40. The molecule has 1 aromatic carbocycles. The highest BCUT2D eigenvalue weighted by atomic mass is 35.5. The summed E-state index contributed by atoms with van der Waals surface area (Å²) in [4.78, 5) is 2.20. The van der Waals surface area contributed by atoms with Gasteiger partial charge in [-0.1, -0.05) is 23.7 Å². The molecule has 8 nitrogen and oxygen atoms in total. The third-order valence-electron chi connectivity index (χ3n) is 5.11. The Bertz CT molecular complexity index is 1090. The fraction of sp³-hybridized carbons (Fsp3) is 0.263. The Kier molecular flexibility index (Phi) is 4.03. The van der Waals surface area contributed by atoms with Crippen LogP contribution in [-0.4, -0.2) is 41.0 Å². The Balaban J connectivity index is 1.57. The summed E-state index contributed by atoms with van der Waals surface area (Å²) in [6, 6.07) is 5.68. The van der Waals surface area contributed by atoms with Gasteiger partial charge in [0.1, 0.15) is 11.5 Å². The summed E-state index contributed by atoms with van der Waals surface area (Å²) in [5.41, 5.74) is 2.61. The van der Waals surface area contributed by atoms with Gasteiger partial charge in [-0.25, -0.2) is 0 Å². The second-order valence-electron chi connectivity index (χ2n) is 6.87. The Morgan fingerprint density at radius 2 is 2.00 bits per heavy atom. The smallest absolute Gasteiger partial charge is 0.263 e. The van der Waals surface area contributed by atoms with Crippen LogP contribution in [0.15, 0.2) is 41.2 Å². The number of aromatic nitrogens is 5. The van der Waals surface area contributed by atoms with E-state index in [0.717, 1.165) is 28.5 Å². The number of aliphatic hydroxyl groups is 1. The molecule has 4 heterocycles. The molecule has 2 aliphatic rings. The third-order valence-corrected chi connectivity index (χ3v) is 5.33. The number of aliphatic hydroxyl groups excluding tert-OH is 1. The molecule has 0 saturated carbocycles. The molecule has 28 heavy (non-hydrogen) atoms. The molecule has 1 N–H and O–H groups in total. The first-order valence-electron chi connectivity index (χ1n) is 8.88. The fourth-order valence-corrected chi connectivity index (χ4v) is 4.24. The van der Waals surface area contributed by atoms with Crippen LogP contribution >= 0.6 is 11.6 Å². The van der Waals surface area contributed by atoms with E-state index >= 15 is 0 Å². The van der Waals surface area contributed by atoms with Gasteiger partial charge >= 0.3 is 0 Å². The van der Waals surface area contributed by atoms with E-state index in [1.54, 1.807) is 6.07 Å². The quantitative estimate of drug-likeness (QED) is 0.724. The lowest BCUT2D eigenvalue weighted by Crippen LogP contribution is -2.35. The SMILES string of the molecule is Cc1nnc2n1C1C=C(c3nnco3)N(Cc3cc(Cl)cc(CO)c3)C1C=C2. The maximum atomic E-state index is 9.51. The third kappa shape index (κ3) is 2.73. The maximum absolute atomic E-state index is 9.51. The summed E-state index contributed by atoms with van der Waals surface area (Å²) >= 11 is 6.24. The summed E-state index contributed by atoms with van der Waals surface area (Å²) in [6.07, 6.45) is 7.53. The molecule has 0 radical (unpaired) electrons. The monoisotopic (exact) mass is 396 g/mol. The van der Waals surface area contributed by atoms with Gasteiger partial charge in [0.05, 0.1) is 18.7 Å². The van der Waals surface area contributed by atoms with Gasteiger partial charge in [-0.2, -0.15) is 0 Å². The number of hydrogen-bond donors (Lipinski definition) is 1. The highest BCUT2D eigenvalue weighted by Gasteiger charge is 2.39. The summed E-state index contributed by atoms with van der Waals surface area (Å²) in [5.74, 6) is 2.13. The number of rotatable bonds is 4. The van der Waals surface area contributed by atoms with Crippen LogP contribution in [0.25, 0.3) is 11.8 Å². The van der Waals surface area contributed by atoms with Crippen molar-refractivity contribution in [2.45, 2.75) is 32.2 Å². The van der Waals surface area contributed by atoms with Crippen LogP contribution in [0.1, 0.15) is 34.7 Å². The molecule has 9 heteroatoms. The van der Waals surface area contributed by atoms with Gasteiger partial charge in [0.15, 0.2) is 5.82 Å². The molecule has 5 rings (SSSR count). The Morgan fingerprint density at radius 1 is 1.14 bits per heavy atom. The van der Waals surface area contributed by atoms with Crippen molar-refractivity contribution in [1.29, 1.82) is 0 Å². The second-order valence-corrected chi connectivity index (χ2v) is 7.30. The molecule has 142 valence electrons. The van der Waals surface area contributed by atoms with E-state index in [2.05, 4.69) is 42.0 Å². The molecule has 2 aliphatic heterocycles. The molecule has 0 saturated heterocycles. The number of benzene rings is 1. The zero-order valence-electron chi connectivity index (χ0n) is 15.0. The summed E-state index contributed by atoms with van der Waals surface area (Å²) in [5, 5.41) is 26.5. The van der Waals surface area contributed by atoms with Crippen molar-refractivity contribution in [2.24, 2.45) is 0 Å². The van der Waals surface area contributed by atoms with Gasteiger partial charge in [0.25, 0.3) is 5.89 Å². The van der Waals surface area contributed by atoms with E-state index in [9.17, 15) is 5.11 Å². The highest BCUT2D eigenvalue weighted by Crippen LogP contribution is 2.41. The molecule has 0 amide bonds. The van der Waals surface area contributed by atoms with Crippen LogP contribution in [0.5, 0.6) is 0 Å². The van der Waals surface area contributed by atoms with E-state index in [1.807, 2.05) is 25.1 Å². The summed E-state index contributed by atoms with van der Waals surface area (Å²) in [7, 11) is 0. The van der Waals surface area contributed by atoms with E-state index in [1.165, 1.54) is 6.39 Å². The van der Waals surface area contributed by atoms with E-state index in [-0.39, 0.29) is 18.7 Å². The maximum Gasteiger partial charge on any atom is 0.263 e. The molecule has 2 atom stereocenters. The van der Waals surface area contributed by atoms with Crippen LogP contribution < -0.4 is 0 Å². The first-order chi connectivity index (χ1) is 13.6. The van der Waals surface area contributed by atoms with E-state index in [0.29, 0.717) is 17.5 Å². The lowest BCUT2D eigenvalue weighted by atomic mass is 10.0. The number of hydrogen-bond acceptors (Lipinski definition) is 7. The fourth-order valence-electron chi connectivity index (χ4n) is 3.96. The molecular formula is C19H17ClN6O2. The predicted molar refractivity (Wildman–Crippen MR) is 102 cm³/mol. The number of fused-ring (bicyclic) bond motifs is 3. The minimum atomic E-state index is -0.0604. The minimum Gasteiger partial charge on any atom is -0.422 e.